The number of hydrogen-bond acceptors (Lipinski definition) is 4. The lowest BCUT2D eigenvalue weighted by Crippen LogP contribution is -2.29. The number of carbonyl (C=O) groups is 1. The number of methoxy groups -OCH3 is 1. The number of aryl methyl sites for hydroxylation is 1. The quantitative estimate of drug-likeness (QED) is 0.789. The number of carbonyl (C=O) groups excluding carboxylic acids is 1. The van der Waals surface area contributed by atoms with E-state index in [4.69, 9.17) is 4.74 Å². The SMILES string of the molecule is COc1c(C(=O)NCC2=CCNCC2)sc(C)c1Br.Cl. The highest BCUT2D eigenvalue weighted by atomic mass is 79.9. The minimum atomic E-state index is -0.0740. The van der Waals surface area contributed by atoms with Crippen LogP contribution in [0.5, 0.6) is 5.75 Å². The van der Waals surface area contributed by atoms with E-state index in [1.807, 2.05) is 6.92 Å². The molecule has 2 rings (SSSR count). The van der Waals surface area contributed by atoms with Crippen LogP contribution in [0.4, 0.5) is 0 Å². The lowest BCUT2D eigenvalue weighted by Gasteiger charge is -2.14. The van der Waals surface area contributed by atoms with Gasteiger partial charge in [-0.2, -0.15) is 0 Å². The van der Waals surface area contributed by atoms with Crippen molar-refractivity contribution < 1.29 is 9.53 Å². The molecular weight excluding hydrogens is 364 g/mol. The van der Waals surface area contributed by atoms with Crippen molar-refractivity contribution in [1.82, 2.24) is 10.6 Å². The highest BCUT2D eigenvalue weighted by Gasteiger charge is 2.20. The zero-order valence-corrected chi connectivity index (χ0v) is 14.6. The Morgan fingerprint density at radius 2 is 2.35 bits per heavy atom. The van der Waals surface area contributed by atoms with Crippen molar-refractivity contribution in [3.63, 3.8) is 0 Å². The van der Waals surface area contributed by atoms with Gasteiger partial charge in [0.15, 0.2) is 5.75 Å². The molecule has 0 saturated heterocycles. The molecule has 0 radical (unpaired) electrons. The third-order valence-corrected chi connectivity index (χ3v) is 5.32. The molecule has 112 valence electrons. The van der Waals surface area contributed by atoms with Crippen LogP contribution in [0.1, 0.15) is 21.0 Å². The topological polar surface area (TPSA) is 50.4 Å². The number of hydrogen-bond donors (Lipinski definition) is 2. The van der Waals surface area contributed by atoms with E-state index in [0.29, 0.717) is 17.2 Å². The van der Waals surface area contributed by atoms with Gasteiger partial charge in [-0.05, 0) is 35.8 Å². The van der Waals surface area contributed by atoms with E-state index in [1.165, 1.54) is 16.9 Å². The Hall–Kier alpha value is -0.560. The number of thiophene rings is 1. The van der Waals surface area contributed by atoms with E-state index < -0.39 is 0 Å². The van der Waals surface area contributed by atoms with Crippen LogP contribution in [-0.2, 0) is 0 Å². The third kappa shape index (κ3) is 3.97. The van der Waals surface area contributed by atoms with Crippen LogP contribution in [-0.4, -0.2) is 32.7 Å². The van der Waals surface area contributed by atoms with E-state index in [9.17, 15) is 4.79 Å². The summed E-state index contributed by atoms with van der Waals surface area (Å²) < 4.78 is 6.15. The van der Waals surface area contributed by atoms with Crippen molar-refractivity contribution in [3.8, 4) is 5.75 Å². The summed E-state index contributed by atoms with van der Waals surface area (Å²) in [5.41, 5.74) is 1.28. The van der Waals surface area contributed by atoms with Crippen LogP contribution in [0.3, 0.4) is 0 Å². The van der Waals surface area contributed by atoms with Gasteiger partial charge in [-0.15, -0.1) is 23.7 Å². The van der Waals surface area contributed by atoms with Crippen molar-refractivity contribution in [2.45, 2.75) is 13.3 Å². The van der Waals surface area contributed by atoms with Crippen LogP contribution in [0.25, 0.3) is 0 Å². The van der Waals surface area contributed by atoms with Crippen LogP contribution in [0, 0.1) is 6.92 Å². The highest BCUT2D eigenvalue weighted by Crippen LogP contribution is 2.38. The fraction of sp³-hybridized carbons (Fsp3) is 0.462. The Bertz CT molecular complexity index is 517. The van der Waals surface area contributed by atoms with Crippen molar-refractivity contribution >= 4 is 45.6 Å². The maximum absolute atomic E-state index is 12.2. The number of halogens is 2. The first-order chi connectivity index (χ1) is 9.13. The molecule has 1 aromatic rings. The van der Waals surface area contributed by atoms with Gasteiger partial charge in [0.25, 0.3) is 5.91 Å². The second-order valence-electron chi connectivity index (χ2n) is 4.33. The average molecular weight is 382 g/mol. The predicted molar refractivity (Wildman–Crippen MR) is 88.5 cm³/mol. The maximum Gasteiger partial charge on any atom is 0.265 e. The molecule has 2 heterocycles. The largest absolute Gasteiger partial charge is 0.494 e. The molecule has 4 nitrogen and oxygen atoms in total. The average Bonchev–Trinajstić information content (AvgIpc) is 2.73. The van der Waals surface area contributed by atoms with Crippen molar-refractivity contribution in [2.24, 2.45) is 0 Å². The van der Waals surface area contributed by atoms with Crippen LogP contribution in [0.15, 0.2) is 16.1 Å². The highest BCUT2D eigenvalue weighted by molar-refractivity contribution is 9.10. The van der Waals surface area contributed by atoms with E-state index in [1.54, 1.807) is 7.11 Å². The summed E-state index contributed by atoms with van der Waals surface area (Å²) in [6.45, 7) is 4.44. The molecule has 20 heavy (non-hydrogen) atoms. The minimum Gasteiger partial charge on any atom is -0.494 e. The summed E-state index contributed by atoms with van der Waals surface area (Å²) >= 11 is 4.89. The molecule has 0 saturated carbocycles. The standard InChI is InChI=1S/C13H17BrN2O2S.ClH/c1-8-10(14)11(18-2)12(19-8)13(17)16-7-9-3-5-15-6-4-9;/h3,15H,4-7H2,1-2H3,(H,16,17);1H. The van der Waals surface area contributed by atoms with E-state index in [0.717, 1.165) is 28.9 Å². The van der Waals surface area contributed by atoms with Crippen molar-refractivity contribution in [1.29, 1.82) is 0 Å². The third-order valence-electron chi connectivity index (χ3n) is 3.01. The second kappa shape index (κ2) is 8.02. The molecular formula is C13H18BrClN2O2S. The maximum atomic E-state index is 12.2. The van der Waals surface area contributed by atoms with Gasteiger partial charge < -0.3 is 15.4 Å². The van der Waals surface area contributed by atoms with Gasteiger partial charge in [0, 0.05) is 18.0 Å². The second-order valence-corrected chi connectivity index (χ2v) is 6.35. The van der Waals surface area contributed by atoms with Crippen molar-refractivity contribution in [3.05, 3.63) is 25.9 Å². The van der Waals surface area contributed by atoms with Gasteiger partial charge in [-0.3, -0.25) is 4.79 Å². The fourth-order valence-electron chi connectivity index (χ4n) is 1.94. The van der Waals surface area contributed by atoms with E-state index in [2.05, 4.69) is 32.6 Å². The van der Waals surface area contributed by atoms with Crippen molar-refractivity contribution in [2.75, 3.05) is 26.7 Å². The molecule has 1 aliphatic rings. The Balaban J connectivity index is 0.00000200. The molecule has 0 atom stereocenters. The number of rotatable bonds is 4. The molecule has 1 amide bonds. The summed E-state index contributed by atoms with van der Waals surface area (Å²) in [6.07, 6.45) is 3.13. The summed E-state index contributed by atoms with van der Waals surface area (Å²) in [6, 6.07) is 0. The fourth-order valence-corrected chi connectivity index (χ4v) is 3.61. The minimum absolute atomic E-state index is 0. The Morgan fingerprint density at radius 1 is 1.60 bits per heavy atom. The first-order valence-electron chi connectivity index (χ1n) is 6.13. The van der Waals surface area contributed by atoms with Gasteiger partial charge in [0.05, 0.1) is 11.6 Å². The molecule has 0 bridgehead atoms. The molecule has 0 unspecified atom stereocenters. The molecule has 1 aliphatic heterocycles. The first kappa shape index (κ1) is 17.5. The smallest absolute Gasteiger partial charge is 0.265 e. The molecule has 0 aliphatic carbocycles. The van der Waals surface area contributed by atoms with E-state index >= 15 is 0 Å². The van der Waals surface area contributed by atoms with Gasteiger partial charge in [0.1, 0.15) is 4.88 Å². The molecule has 0 fully saturated rings. The Labute approximate surface area is 137 Å². The monoisotopic (exact) mass is 380 g/mol. The van der Waals surface area contributed by atoms with Gasteiger partial charge >= 0.3 is 0 Å². The van der Waals surface area contributed by atoms with Crippen LogP contribution < -0.4 is 15.4 Å². The molecule has 7 heteroatoms. The molecule has 0 aromatic carbocycles. The number of nitrogens with one attached hydrogen (secondary N) is 2. The summed E-state index contributed by atoms with van der Waals surface area (Å²) in [5, 5.41) is 6.21. The molecule has 0 spiro atoms. The molecule has 2 N–H and O–H groups in total. The number of amides is 1. The lowest BCUT2D eigenvalue weighted by molar-refractivity contribution is 0.0958. The van der Waals surface area contributed by atoms with Gasteiger partial charge in [-0.25, -0.2) is 0 Å². The van der Waals surface area contributed by atoms with E-state index in [-0.39, 0.29) is 18.3 Å². The zero-order chi connectivity index (χ0) is 13.8. The zero-order valence-electron chi connectivity index (χ0n) is 11.4. The van der Waals surface area contributed by atoms with Gasteiger partial charge in [-0.1, -0.05) is 11.6 Å². The Kier molecular flexibility index (Phi) is 7.02. The Morgan fingerprint density at radius 3 is 2.95 bits per heavy atom. The normalized spacial score (nSPS) is 14.2. The lowest BCUT2D eigenvalue weighted by atomic mass is 10.1. The van der Waals surface area contributed by atoms with Crippen LogP contribution in [0.2, 0.25) is 0 Å². The summed E-state index contributed by atoms with van der Waals surface area (Å²) in [4.78, 5) is 13.9. The molecule has 1 aromatic heterocycles. The predicted octanol–water partition coefficient (Wildman–Crippen LogP) is 2.90. The van der Waals surface area contributed by atoms with Gasteiger partial charge in [0.2, 0.25) is 0 Å². The van der Waals surface area contributed by atoms with Crippen LogP contribution >= 0.6 is 39.7 Å². The first-order valence-corrected chi connectivity index (χ1v) is 7.74. The summed E-state index contributed by atoms with van der Waals surface area (Å²) in [7, 11) is 1.58. The number of ether oxygens (including phenoxy) is 1. The summed E-state index contributed by atoms with van der Waals surface area (Å²) in [5.74, 6) is 0.550.